The van der Waals surface area contributed by atoms with Gasteiger partial charge in [-0.2, -0.15) is 0 Å². The SMILES string of the molecule is CC1(C)c2cc(F)cc(F)c2-c2cc3ccccn3[n+]21. The Morgan fingerprint density at radius 1 is 1.10 bits per heavy atom. The molecular formula is C16H13F2N2+. The number of nitrogens with zero attached hydrogens (tertiary/aromatic N) is 2. The van der Waals surface area contributed by atoms with Crippen LogP contribution in [-0.2, 0) is 5.54 Å². The van der Waals surface area contributed by atoms with E-state index in [4.69, 9.17) is 0 Å². The zero-order valence-corrected chi connectivity index (χ0v) is 11.2. The standard InChI is InChI=1S/C16H13F2N2/c1-16(2)12-7-10(17)8-13(18)15(12)14-9-11-5-3-4-6-19(11)20(14)16/h3-9H,1-2H3/q+1. The molecule has 0 spiro atoms. The quantitative estimate of drug-likeness (QED) is 0.555. The predicted octanol–water partition coefficient (Wildman–Crippen LogP) is 3.27. The van der Waals surface area contributed by atoms with Gasteiger partial charge in [-0.1, -0.05) is 10.7 Å². The van der Waals surface area contributed by atoms with Crippen LogP contribution in [-0.4, -0.2) is 4.52 Å². The fraction of sp³-hybridized carbons (Fsp3) is 0.188. The molecule has 0 bridgehead atoms. The summed E-state index contributed by atoms with van der Waals surface area (Å²) in [5, 5.41) is 0. The highest BCUT2D eigenvalue weighted by molar-refractivity contribution is 5.70. The van der Waals surface area contributed by atoms with Crippen LogP contribution in [0.15, 0.2) is 42.6 Å². The molecule has 0 saturated heterocycles. The van der Waals surface area contributed by atoms with E-state index in [0.717, 1.165) is 17.3 Å². The van der Waals surface area contributed by atoms with E-state index in [9.17, 15) is 8.78 Å². The average molecular weight is 271 g/mol. The molecule has 0 amide bonds. The van der Waals surface area contributed by atoms with Gasteiger partial charge in [0.1, 0.15) is 17.2 Å². The Bertz CT molecular complexity index is 862. The third-order valence-electron chi connectivity index (χ3n) is 4.10. The predicted molar refractivity (Wildman–Crippen MR) is 71.4 cm³/mol. The van der Waals surface area contributed by atoms with Crippen molar-refractivity contribution in [2.75, 3.05) is 0 Å². The van der Waals surface area contributed by atoms with E-state index in [1.807, 2.05) is 53.5 Å². The van der Waals surface area contributed by atoms with Crippen LogP contribution >= 0.6 is 0 Å². The zero-order valence-electron chi connectivity index (χ0n) is 11.2. The Balaban J connectivity index is 2.20. The van der Waals surface area contributed by atoms with E-state index < -0.39 is 17.2 Å². The molecule has 0 aliphatic carbocycles. The van der Waals surface area contributed by atoms with Crippen molar-refractivity contribution in [2.24, 2.45) is 0 Å². The molecule has 1 aromatic carbocycles. The normalized spacial score (nSPS) is 15.4. The summed E-state index contributed by atoms with van der Waals surface area (Å²) in [7, 11) is 0. The van der Waals surface area contributed by atoms with Crippen LogP contribution in [0.25, 0.3) is 16.8 Å². The summed E-state index contributed by atoms with van der Waals surface area (Å²) >= 11 is 0. The number of benzene rings is 1. The van der Waals surface area contributed by atoms with Gasteiger partial charge in [0.15, 0.2) is 0 Å². The summed E-state index contributed by atoms with van der Waals surface area (Å²) in [6, 6.07) is 10.2. The van der Waals surface area contributed by atoms with Crippen LogP contribution in [0.2, 0.25) is 0 Å². The van der Waals surface area contributed by atoms with Crippen LogP contribution in [0, 0.1) is 11.6 Å². The summed E-state index contributed by atoms with van der Waals surface area (Å²) < 4.78 is 31.8. The Morgan fingerprint density at radius 2 is 1.90 bits per heavy atom. The lowest BCUT2D eigenvalue weighted by Gasteiger charge is -2.14. The molecule has 0 radical (unpaired) electrons. The number of fused-ring (bicyclic) bond motifs is 5. The molecule has 0 fully saturated rings. The van der Waals surface area contributed by atoms with Crippen molar-refractivity contribution in [3.8, 4) is 11.3 Å². The Kier molecular flexibility index (Phi) is 2.00. The Labute approximate surface area is 114 Å². The van der Waals surface area contributed by atoms with Crippen molar-refractivity contribution in [3.05, 3.63) is 59.8 Å². The lowest BCUT2D eigenvalue weighted by molar-refractivity contribution is -0.791. The van der Waals surface area contributed by atoms with Crippen molar-refractivity contribution in [3.63, 3.8) is 0 Å². The van der Waals surface area contributed by atoms with E-state index in [1.165, 1.54) is 6.07 Å². The van der Waals surface area contributed by atoms with Gasteiger partial charge in [0.2, 0.25) is 11.2 Å². The maximum absolute atomic E-state index is 14.2. The number of hydrogen-bond donors (Lipinski definition) is 0. The minimum Gasteiger partial charge on any atom is -0.207 e. The van der Waals surface area contributed by atoms with Crippen molar-refractivity contribution in [1.82, 2.24) is 4.52 Å². The van der Waals surface area contributed by atoms with Gasteiger partial charge in [-0.25, -0.2) is 8.78 Å². The van der Waals surface area contributed by atoms with Gasteiger partial charge >= 0.3 is 0 Å². The first-order valence-electron chi connectivity index (χ1n) is 6.53. The van der Waals surface area contributed by atoms with Gasteiger partial charge in [-0.15, -0.1) is 4.52 Å². The van der Waals surface area contributed by atoms with E-state index in [1.54, 1.807) is 0 Å². The van der Waals surface area contributed by atoms with Crippen molar-refractivity contribution >= 4 is 5.52 Å². The summed E-state index contributed by atoms with van der Waals surface area (Å²) in [5.41, 5.74) is 2.46. The highest BCUT2D eigenvalue weighted by atomic mass is 19.1. The van der Waals surface area contributed by atoms with Gasteiger partial charge in [0, 0.05) is 31.5 Å². The van der Waals surface area contributed by atoms with Gasteiger partial charge < -0.3 is 0 Å². The van der Waals surface area contributed by atoms with Crippen molar-refractivity contribution in [1.29, 1.82) is 0 Å². The second-order valence-electron chi connectivity index (χ2n) is 5.68. The lowest BCUT2D eigenvalue weighted by atomic mass is 9.93. The minimum absolute atomic E-state index is 0.499. The van der Waals surface area contributed by atoms with Gasteiger partial charge in [0.05, 0.1) is 11.8 Å². The fourth-order valence-electron chi connectivity index (χ4n) is 3.24. The minimum atomic E-state index is -0.533. The second-order valence-corrected chi connectivity index (χ2v) is 5.68. The Morgan fingerprint density at radius 3 is 2.70 bits per heavy atom. The fourth-order valence-corrected chi connectivity index (χ4v) is 3.24. The molecular weight excluding hydrogens is 258 g/mol. The lowest BCUT2D eigenvalue weighted by Crippen LogP contribution is -2.54. The molecule has 20 heavy (non-hydrogen) atoms. The van der Waals surface area contributed by atoms with Crippen molar-refractivity contribution < 1.29 is 13.5 Å². The molecule has 0 N–H and O–H groups in total. The maximum Gasteiger partial charge on any atom is 0.244 e. The number of hydrogen-bond acceptors (Lipinski definition) is 0. The van der Waals surface area contributed by atoms with Gasteiger partial charge in [-0.3, -0.25) is 0 Å². The third kappa shape index (κ3) is 1.24. The molecule has 4 rings (SSSR count). The average Bonchev–Trinajstić information content (AvgIpc) is 2.85. The smallest absolute Gasteiger partial charge is 0.207 e. The van der Waals surface area contributed by atoms with Crippen LogP contribution in [0.1, 0.15) is 19.4 Å². The van der Waals surface area contributed by atoms with Crippen LogP contribution in [0.3, 0.4) is 0 Å². The molecule has 0 atom stereocenters. The monoisotopic (exact) mass is 271 g/mol. The molecule has 0 saturated carbocycles. The molecule has 1 aliphatic heterocycles. The molecule has 3 heterocycles. The van der Waals surface area contributed by atoms with E-state index >= 15 is 0 Å². The number of pyridine rings is 1. The third-order valence-corrected chi connectivity index (χ3v) is 4.10. The van der Waals surface area contributed by atoms with Crippen LogP contribution in [0.5, 0.6) is 0 Å². The largest absolute Gasteiger partial charge is 0.244 e. The molecule has 1 aliphatic rings. The molecule has 100 valence electrons. The van der Waals surface area contributed by atoms with Gasteiger partial charge in [0.25, 0.3) is 0 Å². The molecule has 0 unspecified atom stereocenters. The first-order valence-corrected chi connectivity index (χ1v) is 6.53. The van der Waals surface area contributed by atoms with E-state index in [-0.39, 0.29) is 0 Å². The van der Waals surface area contributed by atoms with Crippen LogP contribution in [0.4, 0.5) is 8.78 Å². The van der Waals surface area contributed by atoms with Crippen molar-refractivity contribution in [2.45, 2.75) is 19.4 Å². The molecule has 4 heteroatoms. The highest BCUT2D eigenvalue weighted by Crippen LogP contribution is 2.40. The first kappa shape index (κ1) is 11.6. The molecule has 2 nitrogen and oxygen atoms in total. The summed E-state index contributed by atoms with van der Waals surface area (Å²) in [4.78, 5) is 0. The Hall–Kier alpha value is -2.23. The summed E-state index contributed by atoms with van der Waals surface area (Å²) in [5.74, 6) is -1.04. The number of halogens is 2. The summed E-state index contributed by atoms with van der Waals surface area (Å²) in [6.07, 6.45) is 1.93. The zero-order chi connectivity index (χ0) is 14.1. The topological polar surface area (TPSA) is 8.29 Å². The second kappa shape index (κ2) is 3.45. The first-order chi connectivity index (χ1) is 9.50. The number of aromatic nitrogens is 2. The number of rotatable bonds is 0. The van der Waals surface area contributed by atoms with E-state index in [2.05, 4.69) is 0 Å². The maximum atomic E-state index is 14.2. The highest BCUT2D eigenvalue weighted by Gasteiger charge is 2.48. The van der Waals surface area contributed by atoms with Crippen LogP contribution < -0.4 is 4.68 Å². The van der Waals surface area contributed by atoms with E-state index in [0.29, 0.717) is 11.1 Å². The molecule has 2 aromatic heterocycles. The van der Waals surface area contributed by atoms with Gasteiger partial charge in [-0.05, 0) is 18.2 Å². The molecule has 3 aromatic rings. The summed E-state index contributed by atoms with van der Waals surface area (Å²) in [6.45, 7) is 3.95.